The van der Waals surface area contributed by atoms with Crippen LogP contribution in [0.25, 0.3) is 10.9 Å². The lowest BCUT2D eigenvalue weighted by Gasteiger charge is -2.15. The van der Waals surface area contributed by atoms with Gasteiger partial charge in [0.25, 0.3) is 0 Å². The molecule has 0 aliphatic rings. The molecule has 0 radical (unpaired) electrons. The second-order valence-electron chi connectivity index (χ2n) is 6.29. The fourth-order valence-electron chi connectivity index (χ4n) is 2.93. The molecular weight excluding hydrogens is 328 g/mol. The maximum Gasteiger partial charge on any atom is 0.301 e. The zero-order valence-corrected chi connectivity index (χ0v) is 15.0. The zero-order valence-electron chi connectivity index (χ0n) is 15.0. The smallest absolute Gasteiger partial charge is 0.301 e. The first-order valence-corrected chi connectivity index (χ1v) is 8.61. The maximum absolute atomic E-state index is 11.6. The van der Waals surface area contributed by atoms with Crippen molar-refractivity contribution in [2.75, 3.05) is 18.9 Å². The Balaban J connectivity index is 1.83. The van der Waals surface area contributed by atoms with Gasteiger partial charge in [-0.2, -0.15) is 0 Å². The molecule has 0 bridgehead atoms. The number of hydrogen-bond acceptors (Lipinski definition) is 5. The SMILES string of the molecule is CCN(C)Cc1cccc(CNc2ccc3ncccc3c2[N+](=O)[O-])c1. The number of rotatable bonds is 7. The number of nitrogens with one attached hydrogen (secondary N) is 1. The average molecular weight is 350 g/mol. The van der Waals surface area contributed by atoms with Gasteiger partial charge in [-0.15, -0.1) is 0 Å². The maximum atomic E-state index is 11.6. The van der Waals surface area contributed by atoms with Gasteiger partial charge >= 0.3 is 5.69 Å². The number of fused-ring (bicyclic) bond motifs is 1. The van der Waals surface area contributed by atoms with Crippen LogP contribution >= 0.6 is 0 Å². The molecule has 134 valence electrons. The minimum absolute atomic E-state index is 0.0671. The van der Waals surface area contributed by atoms with Gasteiger partial charge in [-0.1, -0.05) is 31.2 Å². The molecule has 0 saturated carbocycles. The normalized spacial score (nSPS) is 11.0. The van der Waals surface area contributed by atoms with Crippen molar-refractivity contribution in [3.8, 4) is 0 Å². The number of nitrogens with zero attached hydrogens (tertiary/aromatic N) is 3. The van der Waals surface area contributed by atoms with E-state index in [1.165, 1.54) is 5.56 Å². The number of anilines is 1. The number of benzene rings is 2. The van der Waals surface area contributed by atoms with Crippen molar-refractivity contribution in [1.29, 1.82) is 0 Å². The minimum Gasteiger partial charge on any atom is -0.375 e. The van der Waals surface area contributed by atoms with Crippen LogP contribution in [-0.4, -0.2) is 28.4 Å². The molecule has 1 aromatic heterocycles. The Bertz CT molecular complexity index is 927. The Morgan fingerprint density at radius 2 is 1.96 bits per heavy atom. The van der Waals surface area contributed by atoms with Gasteiger partial charge in [-0.05, 0) is 49.0 Å². The molecule has 0 saturated heterocycles. The summed E-state index contributed by atoms with van der Waals surface area (Å²) in [6.07, 6.45) is 1.64. The highest BCUT2D eigenvalue weighted by Crippen LogP contribution is 2.32. The van der Waals surface area contributed by atoms with Gasteiger partial charge < -0.3 is 10.2 Å². The van der Waals surface area contributed by atoms with Crippen molar-refractivity contribution in [2.24, 2.45) is 0 Å². The third-order valence-corrected chi connectivity index (χ3v) is 4.41. The van der Waals surface area contributed by atoms with Crippen molar-refractivity contribution >= 4 is 22.3 Å². The van der Waals surface area contributed by atoms with Gasteiger partial charge in [-0.3, -0.25) is 15.1 Å². The van der Waals surface area contributed by atoms with Gasteiger partial charge in [0.05, 0.1) is 15.8 Å². The first kappa shape index (κ1) is 17.8. The highest BCUT2D eigenvalue weighted by molar-refractivity contribution is 5.94. The van der Waals surface area contributed by atoms with E-state index in [2.05, 4.69) is 41.3 Å². The van der Waals surface area contributed by atoms with Crippen molar-refractivity contribution in [1.82, 2.24) is 9.88 Å². The molecule has 0 aliphatic carbocycles. The summed E-state index contributed by atoms with van der Waals surface area (Å²) in [5.74, 6) is 0. The van der Waals surface area contributed by atoms with Crippen LogP contribution in [0.5, 0.6) is 0 Å². The Labute approximate surface area is 152 Å². The Kier molecular flexibility index (Phi) is 5.43. The Hall–Kier alpha value is -2.99. The Morgan fingerprint density at radius 3 is 2.73 bits per heavy atom. The second kappa shape index (κ2) is 7.93. The van der Waals surface area contributed by atoms with E-state index in [-0.39, 0.29) is 10.6 Å². The topological polar surface area (TPSA) is 71.3 Å². The van der Waals surface area contributed by atoms with Crippen LogP contribution in [0.15, 0.2) is 54.7 Å². The summed E-state index contributed by atoms with van der Waals surface area (Å²) in [4.78, 5) is 17.7. The summed E-state index contributed by atoms with van der Waals surface area (Å²) >= 11 is 0. The molecule has 1 N–H and O–H groups in total. The molecule has 3 aromatic rings. The highest BCUT2D eigenvalue weighted by Gasteiger charge is 2.18. The number of pyridine rings is 1. The predicted molar refractivity (Wildman–Crippen MR) is 104 cm³/mol. The standard InChI is InChI=1S/C20H22N4O2/c1-3-23(2)14-16-7-4-6-15(12-16)13-22-19-10-9-18-17(8-5-11-21-18)20(19)24(25)26/h4-12,22H,3,13-14H2,1-2H3. The van der Waals surface area contributed by atoms with E-state index in [1.807, 2.05) is 12.1 Å². The van der Waals surface area contributed by atoms with E-state index in [9.17, 15) is 10.1 Å². The van der Waals surface area contributed by atoms with E-state index in [0.717, 1.165) is 18.7 Å². The molecule has 0 spiro atoms. The van der Waals surface area contributed by atoms with Gasteiger partial charge in [0, 0.05) is 19.3 Å². The summed E-state index contributed by atoms with van der Waals surface area (Å²) in [6.45, 7) is 4.52. The van der Waals surface area contributed by atoms with Gasteiger partial charge in [0.2, 0.25) is 0 Å². The largest absolute Gasteiger partial charge is 0.375 e. The molecule has 1 heterocycles. The van der Waals surface area contributed by atoms with E-state index >= 15 is 0 Å². The van der Waals surface area contributed by atoms with Crippen LogP contribution in [0.3, 0.4) is 0 Å². The summed E-state index contributed by atoms with van der Waals surface area (Å²) in [7, 11) is 2.08. The van der Waals surface area contributed by atoms with E-state index < -0.39 is 0 Å². The molecular formula is C20H22N4O2. The third-order valence-electron chi connectivity index (χ3n) is 4.41. The van der Waals surface area contributed by atoms with Crippen molar-refractivity contribution in [2.45, 2.75) is 20.0 Å². The molecule has 0 fully saturated rings. The lowest BCUT2D eigenvalue weighted by atomic mass is 10.1. The number of hydrogen-bond donors (Lipinski definition) is 1. The lowest BCUT2D eigenvalue weighted by molar-refractivity contribution is -0.382. The monoisotopic (exact) mass is 350 g/mol. The molecule has 2 aromatic carbocycles. The quantitative estimate of drug-likeness (QED) is 0.510. The molecule has 0 amide bonds. The van der Waals surface area contributed by atoms with Crippen LogP contribution in [0.1, 0.15) is 18.1 Å². The van der Waals surface area contributed by atoms with E-state index in [4.69, 9.17) is 0 Å². The van der Waals surface area contributed by atoms with Crippen LogP contribution in [0, 0.1) is 10.1 Å². The van der Waals surface area contributed by atoms with Crippen molar-refractivity contribution in [3.63, 3.8) is 0 Å². The summed E-state index contributed by atoms with van der Waals surface area (Å²) in [6, 6.07) is 15.2. The van der Waals surface area contributed by atoms with Gasteiger partial charge in [0.1, 0.15) is 5.69 Å². The van der Waals surface area contributed by atoms with Crippen LogP contribution in [0.2, 0.25) is 0 Å². The van der Waals surface area contributed by atoms with Crippen LogP contribution in [0.4, 0.5) is 11.4 Å². The first-order valence-electron chi connectivity index (χ1n) is 8.61. The molecule has 26 heavy (non-hydrogen) atoms. The average Bonchev–Trinajstić information content (AvgIpc) is 2.65. The summed E-state index contributed by atoms with van der Waals surface area (Å²) < 4.78 is 0. The number of nitro benzene ring substituents is 1. The van der Waals surface area contributed by atoms with Gasteiger partial charge in [0.15, 0.2) is 0 Å². The molecule has 3 rings (SSSR count). The van der Waals surface area contributed by atoms with E-state index in [0.29, 0.717) is 23.1 Å². The van der Waals surface area contributed by atoms with Gasteiger partial charge in [-0.25, -0.2) is 0 Å². The molecule has 6 nitrogen and oxygen atoms in total. The second-order valence-corrected chi connectivity index (χ2v) is 6.29. The van der Waals surface area contributed by atoms with Crippen molar-refractivity contribution in [3.05, 3.63) is 76.0 Å². The third kappa shape index (κ3) is 3.97. The fourth-order valence-corrected chi connectivity index (χ4v) is 2.93. The predicted octanol–water partition coefficient (Wildman–Crippen LogP) is 4.21. The highest BCUT2D eigenvalue weighted by atomic mass is 16.6. The Morgan fingerprint density at radius 1 is 1.15 bits per heavy atom. The minimum atomic E-state index is -0.348. The van der Waals surface area contributed by atoms with Crippen LogP contribution < -0.4 is 5.32 Å². The molecule has 6 heteroatoms. The number of aromatic nitrogens is 1. The summed E-state index contributed by atoms with van der Waals surface area (Å²) in [5.41, 5.74) is 3.51. The molecule has 0 unspecified atom stereocenters. The fraction of sp³-hybridized carbons (Fsp3) is 0.250. The van der Waals surface area contributed by atoms with E-state index in [1.54, 1.807) is 30.5 Å². The lowest BCUT2D eigenvalue weighted by Crippen LogP contribution is -2.16. The molecule has 0 atom stereocenters. The van der Waals surface area contributed by atoms with Crippen molar-refractivity contribution < 1.29 is 4.92 Å². The molecule has 0 aliphatic heterocycles. The zero-order chi connectivity index (χ0) is 18.5. The number of nitro groups is 1. The van der Waals surface area contributed by atoms with Crippen LogP contribution in [-0.2, 0) is 13.1 Å². The summed E-state index contributed by atoms with van der Waals surface area (Å²) in [5, 5.41) is 15.3. The first-order chi connectivity index (χ1) is 12.6.